The van der Waals surface area contributed by atoms with Crippen molar-refractivity contribution >= 4 is 27.5 Å². The van der Waals surface area contributed by atoms with Crippen molar-refractivity contribution in [1.82, 2.24) is 4.90 Å². The summed E-state index contributed by atoms with van der Waals surface area (Å²) < 4.78 is 0.980. The van der Waals surface area contributed by atoms with Crippen LogP contribution in [0.5, 0.6) is 0 Å². The van der Waals surface area contributed by atoms with Gasteiger partial charge in [-0.2, -0.15) is 0 Å². The average Bonchev–Trinajstić information content (AvgIpc) is 2.44. The van der Waals surface area contributed by atoms with E-state index < -0.39 is 0 Å². The smallest absolute Gasteiger partial charge is 0.0485 e. The lowest BCUT2D eigenvalue weighted by molar-refractivity contribution is 0.241. The maximum Gasteiger partial charge on any atom is 0.0485 e. The summed E-state index contributed by atoms with van der Waals surface area (Å²) in [7, 11) is 2.09. The maximum atomic E-state index is 6.37. The van der Waals surface area contributed by atoms with Gasteiger partial charge in [0.2, 0.25) is 0 Å². The molecule has 1 atom stereocenters. The first-order chi connectivity index (χ1) is 10.0. The van der Waals surface area contributed by atoms with Crippen molar-refractivity contribution in [1.29, 1.82) is 0 Å². The van der Waals surface area contributed by atoms with Gasteiger partial charge < -0.3 is 5.73 Å². The summed E-state index contributed by atoms with van der Waals surface area (Å²) in [5.74, 6) is 0. The summed E-state index contributed by atoms with van der Waals surface area (Å²) in [5, 5.41) is 0.747. The Hall–Kier alpha value is -0.870. The lowest BCUT2D eigenvalue weighted by atomic mass is 10.0. The van der Waals surface area contributed by atoms with E-state index in [0.29, 0.717) is 6.54 Å². The lowest BCUT2D eigenvalue weighted by Crippen LogP contribution is -2.30. The molecule has 0 saturated carbocycles. The Labute approximate surface area is 140 Å². The van der Waals surface area contributed by atoms with Gasteiger partial charge in [0.1, 0.15) is 0 Å². The van der Waals surface area contributed by atoms with E-state index in [1.165, 1.54) is 11.1 Å². The van der Waals surface area contributed by atoms with E-state index in [4.69, 9.17) is 17.3 Å². The summed E-state index contributed by atoms with van der Waals surface area (Å²) in [5.41, 5.74) is 9.67. The van der Waals surface area contributed by atoms with Crippen LogP contribution in [-0.4, -0.2) is 18.5 Å². The molecule has 2 aromatic rings. The molecule has 0 amide bonds. The number of benzene rings is 2. The zero-order valence-corrected chi connectivity index (χ0v) is 14.7. The van der Waals surface area contributed by atoms with Crippen molar-refractivity contribution in [3.05, 3.63) is 68.7 Å². The number of rotatable bonds is 5. The van der Waals surface area contributed by atoms with E-state index in [-0.39, 0.29) is 6.04 Å². The van der Waals surface area contributed by atoms with E-state index in [9.17, 15) is 0 Å². The fourth-order valence-corrected chi connectivity index (χ4v) is 3.28. The van der Waals surface area contributed by atoms with E-state index in [1.54, 1.807) is 0 Å². The SMILES string of the molecule is Cc1ccccc1CN(C)C(CN)c1ccc(Br)cc1Cl. The standard InChI is InChI=1S/C17H20BrClN2/c1-12-5-3-4-6-13(12)11-21(2)17(10-20)15-8-7-14(18)9-16(15)19/h3-9,17H,10-11,20H2,1-2H3. The highest BCUT2D eigenvalue weighted by Crippen LogP contribution is 2.30. The molecule has 4 heteroatoms. The third-order valence-corrected chi connectivity index (χ3v) is 4.58. The molecule has 0 aliphatic carbocycles. The van der Waals surface area contributed by atoms with Crippen LogP contribution in [0.15, 0.2) is 46.9 Å². The van der Waals surface area contributed by atoms with Crippen molar-refractivity contribution in [2.75, 3.05) is 13.6 Å². The van der Waals surface area contributed by atoms with Crippen LogP contribution >= 0.6 is 27.5 Å². The van der Waals surface area contributed by atoms with Gasteiger partial charge in [-0.05, 0) is 42.8 Å². The fourth-order valence-electron chi connectivity index (χ4n) is 2.48. The van der Waals surface area contributed by atoms with E-state index in [2.05, 4.69) is 59.1 Å². The quantitative estimate of drug-likeness (QED) is 0.840. The van der Waals surface area contributed by atoms with E-state index in [0.717, 1.165) is 21.6 Å². The number of halogens is 2. The van der Waals surface area contributed by atoms with E-state index >= 15 is 0 Å². The fraction of sp³-hybridized carbons (Fsp3) is 0.294. The molecule has 0 saturated heterocycles. The van der Waals surface area contributed by atoms with Crippen molar-refractivity contribution in [2.24, 2.45) is 5.73 Å². The van der Waals surface area contributed by atoms with Crippen molar-refractivity contribution in [2.45, 2.75) is 19.5 Å². The van der Waals surface area contributed by atoms with Gasteiger partial charge in [0, 0.05) is 28.6 Å². The highest BCUT2D eigenvalue weighted by atomic mass is 79.9. The van der Waals surface area contributed by atoms with Gasteiger partial charge in [-0.15, -0.1) is 0 Å². The molecular weight excluding hydrogens is 348 g/mol. The second-order valence-corrected chi connectivity index (χ2v) is 6.58. The molecule has 0 spiro atoms. The van der Waals surface area contributed by atoms with Gasteiger partial charge >= 0.3 is 0 Å². The molecule has 21 heavy (non-hydrogen) atoms. The Balaban J connectivity index is 2.22. The first kappa shape index (κ1) is 16.5. The second-order valence-electron chi connectivity index (χ2n) is 5.26. The summed E-state index contributed by atoms with van der Waals surface area (Å²) in [6.45, 7) is 3.51. The van der Waals surface area contributed by atoms with Gasteiger partial charge in [0.15, 0.2) is 0 Å². The normalized spacial score (nSPS) is 12.7. The van der Waals surface area contributed by atoms with Crippen molar-refractivity contribution in [3.63, 3.8) is 0 Å². The van der Waals surface area contributed by atoms with Crippen LogP contribution in [0.1, 0.15) is 22.7 Å². The van der Waals surface area contributed by atoms with E-state index in [1.807, 2.05) is 18.2 Å². The predicted molar refractivity (Wildman–Crippen MR) is 93.6 cm³/mol. The molecule has 0 aliphatic heterocycles. The maximum absolute atomic E-state index is 6.37. The summed E-state index contributed by atoms with van der Waals surface area (Å²) >= 11 is 9.81. The Morgan fingerprint density at radius 3 is 2.57 bits per heavy atom. The molecular formula is C17H20BrClN2. The molecule has 0 bridgehead atoms. The van der Waals surface area contributed by atoms with Gasteiger partial charge in [-0.25, -0.2) is 0 Å². The van der Waals surface area contributed by atoms with Crippen LogP contribution < -0.4 is 5.73 Å². The molecule has 0 aliphatic rings. The van der Waals surface area contributed by atoms with Gasteiger partial charge in [-0.1, -0.05) is 57.9 Å². The number of nitrogens with two attached hydrogens (primary N) is 1. The Morgan fingerprint density at radius 1 is 1.24 bits per heavy atom. The molecule has 2 N–H and O–H groups in total. The van der Waals surface area contributed by atoms with Crippen LogP contribution in [-0.2, 0) is 6.54 Å². The Morgan fingerprint density at radius 2 is 1.95 bits per heavy atom. The largest absolute Gasteiger partial charge is 0.329 e. The monoisotopic (exact) mass is 366 g/mol. The molecule has 112 valence electrons. The number of nitrogens with zero attached hydrogens (tertiary/aromatic N) is 1. The minimum atomic E-state index is 0.102. The summed E-state index contributed by atoms with van der Waals surface area (Å²) in [6, 6.07) is 14.5. The van der Waals surface area contributed by atoms with Crippen LogP contribution in [0.4, 0.5) is 0 Å². The number of hydrogen-bond acceptors (Lipinski definition) is 2. The molecule has 1 unspecified atom stereocenters. The first-order valence-electron chi connectivity index (χ1n) is 6.92. The Bertz CT molecular complexity index is 615. The van der Waals surface area contributed by atoms with Crippen LogP contribution in [0.2, 0.25) is 5.02 Å². The van der Waals surface area contributed by atoms with Crippen LogP contribution in [0.25, 0.3) is 0 Å². The van der Waals surface area contributed by atoms with Crippen molar-refractivity contribution < 1.29 is 0 Å². The van der Waals surface area contributed by atoms with Crippen LogP contribution in [0, 0.1) is 6.92 Å². The van der Waals surface area contributed by atoms with Gasteiger partial charge in [0.05, 0.1) is 0 Å². The second kappa shape index (κ2) is 7.41. The highest BCUT2D eigenvalue weighted by Gasteiger charge is 2.19. The molecule has 0 radical (unpaired) electrons. The third-order valence-electron chi connectivity index (χ3n) is 3.76. The zero-order valence-electron chi connectivity index (χ0n) is 12.3. The summed E-state index contributed by atoms with van der Waals surface area (Å²) in [6.07, 6.45) is 0. The lowest BCUT2D eigenvalue weighted by Gasteiger charge is -2.28. The highest BCUT2D eigenvalue weighted by molar-refractivity contribution is 9.10. The topological polar surface area (TPSA) is 29.3 Å². The summed E-state index contributed by atoms with van der Waals surface area (Å²) in [4.78, 5) is 2.25. The molecule has 0 aromatic heterocycles. The molecule has 0 fully saturated rings. The minimum Gasteiger partial charge on any atom is -0.329 e. The number of likely N-dealkylation sites (N-methyl/N-ethyl adjacent to an activating group) is 1. The van der Waals surface area contributed by atoms with Gasteiger partial charge in [-0.3, -0.25) is 4.90 Å². The minimum absolute atomic E-state index is 0.102. The first-order valence-corrected chi connectivity index (χ1v) is 8.09. The molecule has 2 rings (SSSR count). The average molecular weight is 368 g/mol. The molecule has 0 heterocycles. The predicted octanol–water partition coefficient (Wildman–Crippen LogP) is 4.54. The van der Waals surface area contributed by atoms with Gasteiger partial charge in [0.25, 0.3) is 0 Å². The number of hydrogen-bond donors (Lipinski definition) is 1. The van der Waals surface area contributed by atoms with Crippen LogP contribution in [0.3, 0.4) is 0 Å². The molecule has 2 nitrogen and oxygen atoms in total. The molecule has 2 aromatic carbocycles. The number of aryl methyl sites for hydroxylation is 1. The Kier molecular flexibility index (Phi) is 5.82. The zero-order chi connectivity index (χ0) is 15.4. The van der Waals surface area contributed by atoms with Crippen molar-refractivity contribution in [3.8, 4) is 0 Å². The third kappa shape index (κ3) is 4.07.